The average molecular weight is 351 g/mol. The van der Waals surface area contributed by atoms with E-state index in [4.69, 9.17) is 9.15 Å². The van der Waals surface area contributed by atoms with Crippen LogP contribution in [0, 0.1) is 13.8 Å². The summed E-state index contributed by atoms with van der Waals surface area (Å²) in [5.41, 5.74) is 3.48. The van der Waals surface area contributed by atoms with Crippen molar-refractivity contribution in [3.8, 4) is 11.5 Å². The van der Waals surface area contributed by atoms with Crippen LogP contribution in [0.4, 0.5) is 0 Å². The van der Waals surface area contributed by atoms with Crippen LogP contribution in [-0.4, -0.2) is 20.7 Å². The smallest absolute Gasteiger partial charge is 0.340 e. The molecule has 134 valence electrons. The number of nitrogens with zero attached hydrogens (tertiary/aromatic N) is 3. The lowest BCUT2D eigenvalue weighted by Crippen LogP contribution is -2.11. The summed E-state index contributed by atoms with van der Waals surface area (Å²) in [6.45, 7) is 5.72. The van der Waals surface area contributed by atoms with Gasteiger partial charge in [0, 0.05) is 23.0 Å². The number of esters is 1. The van der Waals surface area contributed by atoms with Crippen molar-refractivity contribution in [3.05, 3.63) is 59.2 Å². The predicted octanol–water partition coefficient (Wildman–Crippen LogP) is 4.41. The summed E-state index contributed by atoms with van der Waals surface area (Å²) in [4.78, 5) is 12.6. The minimum absolute atomic E-state index is 0.285. The predicted molar refractivity (Wildman–Crippen MR) is 95.7 cm³/mol. The second-order valence-electron chi connectivity index (χ2n) is 6.74. The lowest BCUT2D eigenvalue weighted by Gasteiger charge is -2.10. The van der Waals surface area contributed by atoms with E-state index < -0.39 is 6.10 Å². The van der Waals surface area contributed by atoms with Crippen LogP contribution in [0.5, 0.6) is 0 Å². The van der Waals surface area contributed by atoms with E-state index in [0.29, 0.717) is 17.5 Å². The molecule has 0 spiro atoms. The van der Waals surface area contributed by atoms with E-state index in [0.717, 1.165) is 17.0 Å². The van der Waals surface area contributed by atoms with Crippen LogP contribution < -0.4 is 0 Å². The van der Waals surface area contributed by atoms with Crippen molar-refractivity contribution in [2.45, 2.75) is 45.8 Å². The number of aryl methyl sites for hydroxylation is 1. The highest BCUT2D eigenvalue weighted by molar-refractivity contribution is 5.91. The maximum atomic E-state index is 12.6. The van der Waals surface area contributed by atoms with Gasteiger partial charge in [0.25, 0.3) is 5.89 Å². The molecule has 2 aromatic heterocycles. The van der Waals surface area contributed by atoms with Gasteiger partial charge in [0.1, 0.15) is 0 Å². The molecule has 2 heterocycles. The fourth-order valence-corrected chi connectivity index (χ4v) is 3.25. The number of hydrogen-bond donors (Lipinski definition) is 0. The van der Waals surface area contributed by atoms with Gasteiger partial charge in [-0.05, 0) is 51.8 Å². The quantitative estimate of drug-likeness (QED) is 0.637. The molecule has 0 amide bonds. The molecule has 0 saturated heterocycles. The molecule has 0 radical (unpaired) electrons. The van der Waals surface area contributed by atoms with Gasteiger partial charge < -0.3 is 13.7 Å². The summed E-state index contributed by atoms with van der Waals surface area (Å²) < 4.78 is 13.5. The Morgan fingerprint density at radius 3 is 2.65 bits per heavy atom. The Hall–Kier alpha value is -2.89. The molecule has 3 aromatic rings. The average Bonchev–Trinajstić information content (AvgIpc) is 3.25. The zero-order valence-corrected chi connectivity index (χ0v) is 15.1. The number of aromatic nitrogens is 3. The van der Waals surface area contributed by atoms with Crippen molar-refractivity contribution in [3.63, 3.8) is 0 Å². The maximum Gasteiger partial charge on any atom is 0.340 e. The van der Waals surface area contributed by atoms with Gasteiger partial charge in [0.2, 0.25) is 5.89 Å². The molecule has 1 fully saturated rings. The minimum Gasteiger partial charge on any atom is -0.449 e. The zero-order valence-electron chi connectivity index (χ0n) is 15.1. The number of benzene rings is 1. The molecule has 1 aromatic carbocycles. The van der Waals surface area contributed by atoms with Gasteiger partial charge >= 0.3 is 5.97 Å². The lowest BCUT2D eigenvalue weighted by molar-refractivity contribution is 0.0279. The fourth-order valence-electron chi connectivity index (χ4n) is 3.25. The van der Waals surface area contributed by atoms with Gasteiger partial charge in [-0.2, -0.15) is 0 Å². The van der Waals surface area contributed by atoms with Gasteiger partial charge in [0.05, 0.1) is 5.56 Å². The first kappa shape index (κ1) is 16.6. The molecule has 0 unspecified atom stereocenters. The second-order valence-corrected chi connectivity index (χ2v) is 6.74. The molecule has 1 aliphatic carbocycles. The summed E-state index contributed by atoms with van der Waals surface area (Å²) >= 11 is 0. The normalized spacial score (nSPS) is 15.0. The highest BCUT2D eigenvalue weighted by Crippen LogP contribution is 2.38. The van der Waals surface area contributed by atoms with Gasteiger partial charge in [-0.1, -0.05) is 18.2 Å². The highest BCUT2D eigenvalue weighted by Gasteiger charge is 2.29. The summed E-state index contributed by atoms with van der Waals surface area (Å²) in [6.07, 6.45) is 1.73. The van der Waals surface area contributed by atoms with Crippen LogP contribution in [0.2, 0.25) is 0 Å². The molecular weight excluding hydrogens is 330 g/mol. The number of rotatable bonds is 5. The van der Waals surface area contributed by atoms with E-state index in [1.165, 1.54) is 12.8 Å². The molecule has 6 heteroatoms. The van der Waals surface area contributed by atoms with Crippen molar-refractivity contribution in [2.75, 3.05) is 0 Å². The summed E-state index contributed by atoms with van der Waals surface area (Å²) in [7, 11) is 0. The van der Waals surface area contributed by atoms with E-state index >= 15 is 0 Å². The van der Waals surface area contributed by atoms with Crippen LogP contribution in [0.3, 0.4) is 0 Å². The van der Waals surface area contributed by atoms with E-state index in [-0.39, 0.29) is 11.9 Å². The van der Waals surface area contributed by atoms with Crippen LogP contribution in [0.25, 0.3) is 11.5 Å². The molecule has 4 rings (SSSR count). The Kier molecular flexibility index (Phi) is 4.11. The third-order valence-electron chi connectivity index (χ3n) is 4.71. The summed E-state index contributed by atoms with van der Waals surface area (Å²) in [6, 6.07) is 11.9. The SMILES string of the molecule is Cc1cc(C(=O)O[C@@H](C)c2nnc(-c3ccccc3)o2)c(C)n1C1CC1. The van der Waals surface area contributed by atoms with Gasteiger partial charge in [-0.3, -0.25) is 0 Å². The number of carbonyl (C=O) groups is 1. The van der Waals surface area contributed by atoms with Crippen LogP contribution in [0.15, 0.2) is 40.8 Å². The van der Waals surface area contributed by atoms with E-state index in [2.05, 4.69) is 14.8 Å². The Labute approximate surface area is 151 Å². The van der Waals surface area contributed by atoms with Crippen molar-refractivity contribution < 1.29 is 13.9 Å². The molecule has 0 aliphatic heterocycles. The van der Waals surface area contributed by atoms with Crippen LogP contribution >= 0.6 is 0 Å². The molecule has 0 N–H and O–H groups in total. The zero-order chi connectivity index (χ0) is 18.3. The molecular formula is C20H21N3O3. The van der Waals surface area contributed by atoms with E-state index in [9.17, 15) is 4.79 Å². The third kappa shape index (κ3) is 3.03. The Morgan fingerprint density at radius 2 is 1.96 bits per heavy atom. The highest BCUT2D eigenvalue weighted by atomic mass is 16.6. The Morgan fingerprint density at radius 1 is 1.23 bits per heavy atom. The third-order valence-corrected chi connectivity index (χ3v) is 4.71. The topological polar surface area (TPSA) is 70.2 Å². The van der Waals surface area contributed by atoms with Gasteiger partial charge in [-0.15, -0.1) is 10.2 Å². The van der Waals surface area contributed by atoms with E-state index in [1.807, 2.05) is 50.2 Å². The molecule has 26 heavy (non-hydrogen) atoms. The van der Waals surface area contributed by atoms with Crippen LogP contribution in [0.1, 0.15) is 59.5 Å². The van der Waals surface area contributed by atoms with Crippen molar-refractivity contribution >= 4 is 5.97 Å². The Balaban J connectivity index is 1.50. The molecule has 6 nitrogen and oxygen atoms in total. The first-order valence-corrected chi connectivity index (χ1v) is 8.83. The van der Waals surface area contributed by atoms with E-state index in [1.54, 1.807) is 6.92 Å². The van der Waals surface area contributed by atoms with Crippen molar-refractivity contribution in [2.24, 2.45) is 0 Å². The molecule has 1 atom stereocenters. The Bertz CT molecular complexity index is 939. The van der Waals surface area contributed by atoms with Crippen molar-refractivity contribution in [1.29, 1.82) is 0 Å². The standard InChI is InChI=1S/C20H21N3O3/c1-12-11-17(13(2)23(12)16-9-10-16)20(24)25-14(3)18-21-22-19(26-18)15-7-5-4-6-8-15/h4-8,11,14,16H,9-10H2,1-3H3/t14-/m0/s1. The lowest BCUT2D eigenvalue weighted by atomic mass is 10.2. The maximum absolute atomic E-state index is 12.6. The summed E-state index contributed by atoms with van der Waals surface area (Å²) in [5, 5.41) is 8.07. The number of ether oxygens (including phenoxy) is 1. The number of carbonyl (C=O) groups excluding carboxylic acids is 1. The first-order valence-electron chi connectivity index (χ1n) is 8.83. The van der Waals surface area contributed by atoms with Gasteiger partial charge in [-0.25, -0.2) is 4.79 Å². The van der Waals surface area contributed by atoms with Gasteiger partial charge in [0.15, 0.2) is 6.10 Å². The molecule has 0 bridgehead atoms. The second kappa shape index (κ2) is 6.44. The van der Waals surface area contributed by atoms with Crippen molar-refractivity contribution in [1.82, 2.24) is 14.8 Å². The monoisotopic (exact) mass is 351 g/mol. The first-order chi connectivity index (χ1) is 12.5. The molecule has 1 saturated carbocycles. The number of hydrogen-bond acceptors (Lipinski definition) is 5. The minimum atomic E-state index is -0.614. The van der Waals surface area contributed by atoms with Crippen LogP contribution in [-0.2, 0) is 4.74 Å². The molecule has 1 aliphatic rings. The summed E-state index contributed by atoms with van der Waals surface area (Å²) in [5.74, 6) is 0.334. The fraction of sp³-hybridized carbons (Fsp3) is 0.350. The largest absolute Gasteiger partial charge is 0.449 e.